The van der Waals surface area contributed by atoms with Crippen LogP contribution in [-0.2, 0) is 11.2 Å². The molecule has 1 N–H and O–H groups in total. The number of pyridine rings is 1. The summed E-state index contributed by atoms with van der Waals surface area (Å²) < 4.78 is 0. The minimum absolute atomic E-state index is 0.0739. The molecule has 1 saturated carbocycles. The van der Waals surface area contributed by atoms with Crippen LogP contribution in [0.3, 0.4) is 0 Å². The molecule has 2 aliphatic rings. The van der Waals surface area contributed by atoms with Gasteiger partial charge in [0.1, 0.15) is 5.69 Å². The third-order valence-electron chi connectivity index (χ3n) is 5.56. The number of hydrogen-bond acceptors (Lipinski definition) is 3. The van der Waals surface area contributed by atoms with Crippen molar-refractivity contribution in [3.8, 4) is 0 Å². The second kappa shape index (κ2) is 7.40. The minimum Gasteiger partial charge on any atom is -0.356 e. The van der Waals surface area contributed by atoms with E-state index in [-0.39, 0.29) is 17.6 Å². The van der Waals surface area contributed by atoms with E-state index in [9.17, 15) is 9.59 Å². The van der Waals surface area contributed by atoms with Crippen LogP contribution < -0.4 is 5.32 Å². The van der Waals surface area contributed by atoms with Crippen LogP contribution in [0.2, 0.25) is 0 Å². The lowest BCUT2D eigenvalue weighted by Gasteiger charge is -2.21. The van der Waals surface area contributed by atoms with E-state index < -0.39 is 0 Å². The molecule has 4 heteroatoms. The van der Waals surface area contributed by atoms with Crippen LogP contribution in [0, 0.1) is 5.92 Å². The zero-order valence-electron chi connectivity index (χ0n) is 15.0. The van der Waals surface area contributed by atoms with Gasteiger partial charge in [-0.1, -0.05) is 49.6 Å². The van der Waals surface area contributed by atoms with E-state index in [2.05, 4.69) is 16.4 Å². The molecule has 0 atom stereocenters. The normalized spacial score (nSPS) is 17.3. The number of amides is 1. The van der Waals surface area contributed by atoms with Gasteiger partial charge in [0.05, 0.1) is 0 Å². The van der Waals surface area contributed by atoms with Crippen molar-refractivity contribution in [3.05, 3.63) is 47.3 Å². The van der Waals surface area contributed by atoms with Crippen molar-refractivity contribution < 1.29 is 9.59 Å². The summed E-state index contributed by atoms with van der Waals surface area (Å²) in [4.78, 5) is 28.9. The van der Waals surface area contributed by atoms with Crippen LogP contribution in [0.4, 0.5) is 0 Å². The third kappa shape index (κ3) is 3.28. The van der Waals surface area contributed by atoms with Crippen molar-refractivity contribution >= 4 is 28.5 Å². The molecular formula is C22H24N2O2. The van der Waals surface area contributed by atoms with Gasteiger partial charge in [0.25, 0.3) is 0 Å². The Morgan fingerprint density at radius 1 is 1.19 bits per heavy atom. The number of aromatic nitrogens is 1. The summed E-state index contributed by atoms with van der Waals surface area (Å²) in [6.45, 7) is 0.628. The fourth-order valence-electron chi connectivity index (χ4n) is 4.18. The standard InChI is InChI=1S/C22H24N2O2/c25-19-11-5-10-18-20-15(8-4-9-17(20)14-24-21(18)19)12-13-23-22(26)16-6-2-1-3-7-16/h4-5,8-10,14,16H,1-3,6-7,11-13H2,(H,23,26). The number of rotatable bonds is 4. The topological polar surface area (TPSA) is 59.1 Å². The lowest BCUT2D eigenvalue weighted by molar-refractivity contribution is -0.125. The van der Waals surface area contributed by atoms with E-state index in [1.165, 1.54) is 19.3 Å². The molecule has 1 fully saturated rings. The molecule has 1 aromatic carbocycles. The summed E-state index contributed by atoms with van der Waals surface area (Å²) in [7, 11) is 0. The number of fused-ring (bicyclic) bond motifs is 3. The first kappa shape index (κ1) is 17.0. The van der Waals surface area contributed by atoms with E-state index >= 15 is 0 Å². The summed E-state index contributed by atoms with van der Waals surface area (Å²) in [5.41, 5.74) is 2.65. The number of Topliss-reactive ketones (excluding diaryl/α,β-unsaturated/α-hetero) is 1. The summed E-state index contributed by atoms with van der Waals surface area (Å²) in [6, 6.07) is 6.13. The monoisotopic (exact) mass is 348 g/mol. The van der Waals surface area contributed by atoms with Gasteiger partial charge in [-0.15, -0.1) is 0 Å². The van der Waals surface area contributed by atoms with Crippen LogP contribution in [-0.4, -0.2) is 23.2 Å². The predicted octanol–water partition coefficient (Wildman–Crippen LogP) is 4.07. The fraction of sp³-hybridized carbons (Fsp3) is 0.409. The Bertz CT molecular complexity index is 879. The summed E-state index contributed by atoms with van der Waals surface area (Å²) >= 11 is 0. The number of carbonyl (C=O) groups excluding carboxylic acids is 2. The SMILES string of the molecule is O=C1CC=Cc2c1ncc1cccc(CCNC(=O)C3CCCCC3)c21. The van der Waals surface area contributed by atoms with E-state index in [1.54, 1.807) is 6.20 Å². The van der Waals surface area contributed by atoms with Gasteiger partial charge in [0, 0.05) is 36.0 Å². The Labute approximate surface area is 153 Å². The highest BCUT2D eigenvalue weighted by Crippen LogP contribution is 2.29. The molecule has 4 rings (SSSR count). The molecule has 0 unspecified atom stereocenters. The van der Waals surface area contributed by atoms with Crippen LogP contribution in [0.1, 0.15) is 60.1 Å². The molecule has 4 nitrogen and oxygen atoms in total. The van der Waals surface area contributed by atoms with Crippen molar-refractivity contribution in [1.29, 1.82) is 0 Å². The summed E-state index contributed by atoms with van der Waals surface area (Å²) in [5.74, 6) is 0.460. The zero-order valence-corrected chi connectivity index (χ0v) is 15.0. The van der Waals surface area contributed by atoms with Gasteiger partial charge in [-0.2, -0.15) is 0 Å². The smallest absolute Gasteiger partial charge is 0.223 e. The molecule has 0 radical (unpaired) electrons. The van der Waals surface area contributed by atoms with Crippen molar-refractivity contribution in [2.45, 2.75) is 44.9 Å². The van der Waals surface area contributed by atoms with Gasteiger partial charge in [-0.05, 0) is 30.2 Å². The van der Waals surface area contributed by atoms with Gasteiger partial charge < -0.3 is 5.32 Å². The molecule has 0 bridgehead atoms. The Balaban J connectivity index is 1.53. The van der Waals surface area contributed by atoms with Gasteiger partial charge >= 0.3 is 0 Å². The maximum absolute atomic E-state index is 12.4. The molecule has 26 heavy (non-hydrogen) atoms. The third-order valence-corrected chi connectivity index (χ3v) is 5.56. The Kier molecular flexibility index (Phi) is 4.83. The Morgan fingerprint density at radius 3 is 2.88 bits per heavy atom. The highest BCUT2D eigenvalue weighted by Gasteiger charge is 2.21. The van der Waals surface area contributed by atoms with Gasteiger partial charge in [-0.25, -0.2) is 0 Å². The van der Waals surface area contributed by atoms with Crippen molar-refractivity contribution in [2.75, 3.05) is 6.54 Å². The maximum atomic E-state index is 12.4. The van der Waals surface area contributed by atoms with Crippen LogP contribution >= 0.6 is 0 Å². The summed E-state index contributed by atoms with van der Waals surface area (Å²) in [5, 5.41) is 5.25. The molecule has 1 aromatic heterocycles. The first-order valence-electron chi connectivity index (χ1n) is 9.62. The highest BCUT2D eigenvalue weighted by atomic mass is 16.1. The van der Waals surface area contributed by atoms with E-state index in [4.69, 9.17) is 0 Å². The molecule has 0 saturated heterocycles. The zero-order chi connectivity index (χ0) is 17.9. The molecule has 134 valence electrons. The van der Waals surface area contributed by atoms with Crippen molar-refractivity contribution in [1.82, 2.24) is 10.3 Å². The molecule has 0 spiro atoms. The first-order chi connectivity index (χ1) is 12.7. The molecule has 2 aromatic rings. The number of nitrogens with zero attached hydrogens (tertiary/aromatic N) is 1. The lowest BCUT2D eigenvalue weighted by Crippen LogP contribution is -2.33. The van der Waals surface area contributed by atoms with Gasteiger partial charge in [-0.3, -0.25) is 14.6 Å². The van der Waals surface area contributed by atoms with Crippen molar-refractivity contribution in [2.24, 2.45) is 5.92 Å². The number of allylic oxidation sites excluding steroid dienone is 1. The maximum Gasteiger partial charge on any atom is 0.223 e. The Morgan fingerprint density at radius 2 is 2.04 bits per heavy atom. The predicted molar refractivity (Wildman–Crippen MR) is 103 cm³/mol. The first-order valence-corrected chi connectivity index (χ1v) is 9.62. The second-order valence-electron chi connectivity index (χ2n) is 7.31. The largest absolute Gasteiger partial charge is 0.356 e. The average molecular weight is 348 g/mol. The number of benzene rings is 1. The van der Waals surface area contributed by atoms with Gasteiger partial charge in [0.15, 0.2) is 5.78 Å². The summed E-state index contributed by atoms with van der Waals surface area (Å²) in [6.07, 6.45) is 12.5. The van der Waals surface area contributed by atoms with Crippen molar-refractivity contribution in [3.63, 3.8) is 0 Å². The fourth-order valence-corrected chi connectivity index (χ4v) is 4.18. The van der Waals surface area contributed by atoms with E-state index in [1.807, 2.05) is 24.3 Å². The number of nitrogens with one attached hydrogen (secondary N) is 1. The molecular weight excluding hydrogens is 324 g/mol. The minimum atomic E-state index is 0.0739. The average Bonchev–Trinajstić information content (AvgIpc) is 2.68. The Hall–Kier alpha value is -2.49. The second-order valence-corrected chi connectivity index (χ2v) is 7.31. The molecule has 1 amide bonds. The molecule has 1 heterocycles. The van der Waals surface area contributed by atoms with Crippen LogP contribution in [0.5, 0.6) is 0 Å². The lowest BCUT2D eigenvalue weighted by atomic mass is 9.88. The van der Waals surface area contributed by atoms with Crippen LogP contribution in [0.25, 0.3) is 16.8 Å². The number of carbonyl (C=O) groups is 2. The molecule has 2 aliphatic carbocycles. The van der Waals surface area contributed by atoms with Crippen LogP contribution in [0.15, 0.2) is 30.5 Å². The highest BCUT2D eigenvalue weighted by molar-refractivity contribution is 6.07. The number of ketones is 1. The number of hydrogen-bond donors (Lipinski definition) is 1. The quantitative estimate of drug-likeness (QED) is 0.906. The van der Waals surface area contributed by atoms with E-state index in [0.29, 0.717) is 18.7 Å². The van der Waals surface area contributed by atoms with Gasteiger partial charge in [0.2, 0.25) is 5.91 Å². The molecule has 0 aliphatic heterocycles. The van der Waals surface area contributed by atoms with E-state index in [0.717, 1.165) is 41.2 Å².